The van der Waals surface area contributed by atoms with Crippen LogP contribution in [0.5, 0.6) is 5.75 Å². The smallest absolute Gasteiger partial charge is 0.331 e. The molecule has 4 rings (SSSR count). The summed E-state index contributed by atoms with van der Waals surface area (Å²) in [5, 5.41) is 3.52. The summed E-state index contributed by atoms with van der Waals surface area (Å²) < 4.78 is 52.1. The van der Waals surface area contributed by atoms with Crippen LogP contribution in [0.4, 0.5) is 13.2 Å². The maximum absolute atomic E-state index is 15.5. The zero-order valence-electron chi connectivity index (χ0n) is 22.9. The third-order valence-electron chi connectivity index (χ3n) is 7.66. The van der Waals surface area contributed by atoms with Crippen LogP contribution in [0.1, 0.15) is 57.2 Å². The number of aromatic nitrogens is 2. The number of rotatable bonds is 9. The van der Waals surface area contributed by atoms with E-state index in [1.54, 1.807) is 6.07 Å². The van der Waals surface area contributed by atoms with Gasteiger partial charge in [0.25, 0.3) is 5.56 Å². The van der Waals surface area contributed by atoms with Gasteiger partial charge in [0.1, 0.15) is 11.6 Å². The molecule has 1 N–H and O–H groups in total. The van der Waals surface area contributed by atoms with Gasteiger partial charge in [-0.25, -0.2) is 18.0 Å². The van der Waals surface area contributed by atoms with Gasteiger partial charge in [0.05, 0.1) is 19.2 Å². The largest absolute Gasteiger partial charge is 0.494 e. The molecule has 2 aromatic carbocycles. The van der Waals surface area contributed by atoms with Gasteiger partial charge in [-0.15, -0.1) is 0 Å². The minimum Gasteiger partial charge on any atom is -0.494 e. The van der Waals surface area contributed by atoms with Crippen molar-refractivity contribution in [2.24, 2.45) is 5.92 Å². The first-order chi connectivity index (χ1) is 18.6. The Morgan fingerprint density at radius 2 is 1.62 bits per heavy atom. The minimum atomic E-state index is -0.810. The van der Waals surface area contributed by atoms with E-state index in [0.29, 0.717) is 0 Å². The Morgan fingerprint density at radius 3 is 2.23 bits per heavy atom. The van der Waals surface area contributed by atoms with Gasteiger partial charge in [-0.05, 0) is 43.9 Å². The van der Waals surface area contributed by atoms with Gasteiger partial charge >= 0.3 is 5.69 Å². The fraction of sp³-hybridized carbons (Fsp3) is 0.467. The van der Waals surface area contributed by atoms with Crippen LogP contribution >= 0.6 is 0 Å². The molecule has 0 saturated heterocycles. The highest BCUT2D eigenvalue weighted by atomic mass is 19.1. The van der Waals surface area contributed by atoms with Gasteiger partial charge in [-0.1, -0.05) is 51.3 Å². The molecule has 1 heterocycles. The highest BCUT2D eigenvalue weighted by molar-refractivity contribution is 5.67. The summed E-state index contributed by atoms with van der Waals surface area (Å²) in [5.41, 5.74) is -1.63. The Hall–Kier alpha value is -3.33. The standard InChI is InChI=1S/C30H36F3N3O3/c1-18(2)34-25(20-10-6-5-7-11-20)17-36-29(37)27(21-12-8-15-26(39-4)28(21)33)19(3)35(30(36)38)16-22-23(31)13-9-14-24(22)32/h8-9,12-15,18,20,25,34H,5-7,10-11,16-17H2,1-4H3/t25-/m0/s1. The molecule has 1 saturated carbocycles. The Bertz CT molecular complexity index is 1420. The first kappa shape index (κ1) is 28.7. The Balaban J connectivity index is 1.94. The molecule has 6 nitrogen and oxygen atoms in total. The summed E-state index contributed by atoms with van der Waals surface area (Å²) in [5.74, 6) is -2.18. The van der Waals surface area contributed by atoms with Gasteiger partial charge in [0.15, 0.2) is 11.6 Å². The first-order valence-corrected chi connectivity index (χ1v) is 13.5. The van der Waals surface area contributed by atoms with E-state index in [1.165, 1.54) is 32.2 Å². The van der Waals surface area contributed by atoms with Gasteiger partial charge < -0.3 is 10.1 Å². The van der Waals surface area contributed by atoms with E-state index in [-0.39, 0.29) is 52.7 Å². The number of hydrogen-bond donors (Lipinski definition) is 1. The number of methoxy groups -OCH3 is 1. The number of benzene rings is 2. The van der Waals surface area contributed by atoms with Crippen LogP contribution in [0, 0.1) is 30.3 Å². The number of nitrogens with one attached hydrogen (secondary N) is 1. The van der Waals surface area contributed by atoms with E-state index in [0.717, 1.165) is 53.4 Å². The van der Waals surface area contributed by atoms with Crippen molar-refractivity contribution in [2.45, 2.75) is 78.0 Å². The second kappa shape index (κ2) is 12.2. The average molecular weight is 544 g/mol. The van der Waals surface area contributed by atoms with Crippen LogP contribution in [0.2, 0.25) is 0 Å². The van der Waals surface area contributed by atoms with E-state index >= 15 is 4.39 Å². The van der Waals surface area contributed by atoms with Crippen LogP contribution in [0.3, 0.4) is 0 Å². The zero-order valence-corrected chi connectivity index (χ0v) is 22.9. The van der Waals surface area contributed by atoms with E-state index in [2.05, 4.69) is 5.32 Å². The number of halogens is 3. The van der Waals surface area contributed by atoms with Gasteiger partial charge in [-0.2, -0.15) is 0 Å². The van der Waals surface area contributed by atoms with Crippen LogP contribution in [0.25, 0.3) is 11.1 Å². The molecule has 1 fully saturated rings. The third kappa shape index (κ3) is 5.98. The summed E-state index contributed by atoms with van der Waals surface area (Å²) in [6.45, 7) is 5.10. The molecule has 0 spiro atoms. The third-order valence-corrected chi connectivity index (χ3v) is 7.66. The monoisotopic (exact) mass is 543 g/mol. The second-order valence-electron chi connectivity index (χ2n) is 10.6. The molecule has 1 aromatic heterocycles. The molecular formula is C30H36F3N3O3. The highest BCUT2D eigenvalue weighted by Gasteiger charge is 2.28. The lowest BCUT2D eigenvalue weighted by molar-refractivity contribution is 0.232. The zero-order chi connectivity index (χ0) is 28.3. The molecule has 1 atom stereocenters. The quantitative estimate of drug-likeness (QED) is 0.392. The molecule has 3 aromatic rings. The van der Waals surface area contributed by atoms with E-state index in [1.807, 2.05) is 13.8 Å². The maximum atomic E-state index is 15.5. The molecule has 0 radical (unpaired) electrons. The van der Waals surface area contributed by atoms with Crippen molar-refractivity contribution in [3.05, 3.63) is 85.9 Å². The van der Waals surface area contributed by atoms with E-state index in [9.17, 15) is 18.4 Å². The predicted molar refractivity (Wildman–Crippen MR) is 146 cm³/mol. The topological polar surface area (TPSA) is 65.3 Å². The molecule has 0 bridgehead atoms. The second-order valence-corrected chi connectivity index (χ2v) is 10.6. The summed E-state index contributed by atoms with van der Waals surface area (Å²) >= 11 is 0. The summed E-state index contributed by atoms with van der Waals surface area (Å²) in [7, 11) is 1.32. The van der Waals surface area contributed by atoms with Crippen molar-refractivity contribution in [1.29, 1.82) is 0 Å². The Kier molecular flexibility index (Phi) is 9.00. The molecule has 0 aliphatic heterocycles. The fourth-order valence-corrected chi connectivity index (χ4v) is 5.66. The van der Waals surface area contributed by atoms with Crippen molar-refractivity contribution in [1.82, 2.24) is 14.5 Å². The molecule has 210 valence electrons. The summed E-state index contributed by atoms with van der Waals surface area (Å²) in [6.07, 6.45) is 5.23. The van der Waals surface area contributed by atoms with Crippen molar-refractivity contribution in [2.75, 3.05) is 7.11 Å². The lowest BCUT2D eigenvalue weighted by Crippen LogP contribution is -2.50. The predicted octanol–water partition coefficient (Wildman–Crippen LogP) is 5.41. The van der Waals surface area contributed by atoms with Crippen LogP contribution in [0.15, 0.2) is 46.0 Å². The van der Waals surface area contributed by atoms with Crippen molar-refractivity contribution >= 4 is 0 Å². The lowest BCUT2D eigenvalue weighted by Gasteiger charge is -2.33. The Morgan fingerprint density at radius 1 is 0.974 bits per heavy atom. The number of hydrogen-bond acceptors (Lipinski definition) is 4. The first-order valence-electron chi connectivity index (χ1n) is 13.5. The normalized spacial score (nSPS) is 15.1. The van der Waals surface area contributed by atoms with Crippen LogP contribution in [-0.2, 0) is 13.1 Å². The Labute approximate surface area is 226 Å². The lowest BCUT2D eigenvalue weighted by atomic mass is 9.83. The van der Waals surface area contributed by atoms with Crippen molar-refractivity contribution in [3.8, 4) is 16.9 Å². The molecule has 0 unspecified atom stereocenters. The maximum Gasteiger partial charge on any atom is 0.331 e. The van der Waals surface area contributed by atoms with Gasteiger partial charge in [0, 0.05) is 35.4 Å². The molecule has 1 aliphatic carbocycles. The van der Waals surface area contributed by atoms with Gasteiger partial charge in [-0.3, -0.25) is 13.9 Å². The molecule has 9 heteroatoms. The summed E-state index contributed by atoms with van der Waals surface area (Å²) in [4.78, 5) is 27.8. The highest BCUT2D eigenvalue weighted by Crippen LogP contribution is 2.30. The average Bonchev–Trinajstić information content (AvgIpc) is 2.91. The van der Waals surface area contributed by atoms with Crippen LogP contribution in [-0.4, -0.2) is 28.3 Å². The summed E-state index contributed by atoms with van der Waals surface area (Å²) in [6, 6.07) is 7.82. The number of ether oxygens (including phenoxy) is 1. The van der Waals surface area contributed by atoms with Crippen molar-refractivity contribution < 1.29 is 17.9 Å². The molecule has 0 amide bonds. The molecule has 39 heavy (non-hydrogen) atoms. The number of nitrogens with zero attached hydrogens (tertiary/aromatic N) is 2. The van der Waals surface area contributed by atoms with E-state index in [4.69, 9.17) is 4.74 Å². The minimum absolute atomic E-state index is 0.0422. The van der Waals surface area contributed by atoms with Crippen molar-refractivity contribution in [3.63, 3.8) is 0 Å². The SMILES string of the molecule is COc1cccc(-c2c(C)n(Cc3c(F)cccc3F)c(=O)n(C[C@H](NC(C)C)C3CCCCC3)c2=O)c1F. The fourth-order valence-electron chi connectivity index (χ4n) is 5.66. The van der Waals surface area contributed by atoms with Crippen LogP contribution < -0.4 is 21.3 Å². The molecular weight excluding hydrogens is 507 g/mol. The molecule has 1 aliphatic rings. The van der Waals surface area contributed by atoms with Gasteiger partial charge in [0.2, 0.25) is 0 Å². The van der Waals surface area contributed by atoms with E-state index < -0.39 is 35.2 Å².